The van der Waals surface area contributed by atoms with Crippen LogP contribution in [0.25, 0.3) is 0 Å². The predicted molar refractivity (Wildman–Crippen MR) is 136 cm³/mol. The minimum absolute atomic E-state index is 0.0753. The topological polar surface area (TPSA) is 60.9 Å². The van der Waals surface area contributed by atoms with Gasteiger partial charge in [-0.2, -0.15) is 0 Å². The van der Waals surface area contributed by atoms with Gasteiger partial charge in [-0.25, -0.2) is 8.42 Å². The van der Waals surface area contributed by atoms with E-state index in [1.807, 2.05) is 35.2 Å². The zero-order valence-corrected chi connectivity index (χ0v) is 20.7. The van der Waals surface area contributed by atoms with Crippen molar-refractivity contribution >= 4 is 33.2 Å². The summed E-state index contributed by atoms with van der Waals surface area (Å²) in [5.41, 5.74) is 2.27. The van der Waals surface area contributed by atoms with Crippen molar-refractivity contribution in [2.75, 3.05) is 37.5 Å². The zero-order valence-electron chi connectivity index (χ0n) is 19.1. The highest BCUT2D eigenvalue weighted by atomic mass is 35.5. The molecule has 0 radical (unpaired) electrons. The predicted octanol–water partition coefficient (Wildman–Crippen LogP) is 4.51. The third kappa shape index (κ3) is 5.60. The Balaban J connectivity index is 1.40. The van der Waals surface area contributed by atoms with Crippen molar-refractivity contribution in [3.63, 3.8) is 0 Å². The second-order valence-electron chi connectivity index (χ2n) is 8.38. The average Bonchev–Trinajstić information content (AvgIpc) is 3.10. The highest BCUT2D eigenvalue weighted by Gasteiger charge is 2.24. The second kappa shape index (κ2) is 10.6. The van der Waals surface area contributed by atoms with Gasteiger partial charge in [-0.15, -0.1) is 0 Å². The van der Waals surface area contributed by atoms with Crippen LogP contribution in [0.15, 0.2) is 83.8 Å². The van der Waals surface area contributed by atoms with Crippen LogP contribution in [0, 0.1) is 0 Å². The lowest BCUT2D eigenvalue weighted by Crippen LogP contribution is -2.35. The van der Waals surface area contributed by atoms with Gasteiger partial charge in [-0.05, 0) is 60.5 Å². The maximum atomic E-state index is 13.1. The smallest absolute Gasteiger partial charge is 0.264 e. The first kappa shape index (κ1) is 24.3. The largest absolute Gasteiger partial charge is 0.337 e. The number of carbonyl (C=O) groups excluding carboxylic acids is 1. The minimum atomic E-state index is -3.71. The highest BCUT2D eigenvalue weighted by molar-refractivity contribution is 7.92. The van der Waals surface area contributed by atoms with Crippen molar-refractivity contribution in [1.29, 1.82) is 0 Å². The molecule has 0 aromatic heterocycles. The maximum Gasteiger partial charge on any atom is 0.264 e. The SMILES string of the molecule is CN(c1ccccc1)S(=O)(=O)c1ccc(C(=O)N2CCCN(Cc3ccc(Cl)cc3)CC2)cc1. The first-order valence-electron chi connectivity index (χ1n) is 11.2. The maximum absolute atomic E-state index is 13.1. The molecule has 0 bridgehead atoms. The molecule has 3 aromatic carbocycles. The lowest BCUT2D eigenvalue weighted by atomic mass is 10.2. The molecule has 1 saturated heterocycles. The summed E-state index contributed by atoms with van der Waals surface area (Å²) in [5.74, 6) is -0.0753. The number of sulfonamides is 1. The van der Waals surface area contributed by atoms with Crippen LogP contribution in [0.5, 0.6) is 0 Å². The molecule has 6 nitrogen and oxygen atoms in total. The van der Waals surface area contributed by atoms with Gasteiger partial charge in [0, 0.05) is 50.4 Å². The molecular weight excluding hydrogens is 470 g/mol. The third-order valence-electron chi connectivity index (χ3n) is 6.07. The first-order chi connectivity index (χ1) is 16.3. The molecule has 0 atom stereocenters. The Morgan fingerprint density at radius 2 is 1.56 bits per heavy atom. The van der Waals surface area contributed by atoms with Crippen molar-refractivity contribution in [3.8, 4) is 0 Å². The number of benzene rings is 3. The van der Waals surface area contributed by atoms with Crippen LogP contribution in [0.2, 0.25) is 5.02 Å². The standard InChI is InChI=1S/C26H28ClN3O3S/c1-28(24-6-3-2-4-7-24)34(32,33)25-14-10-22(11-15-25)26(31)30-17-5-16-29(18-19-30)20-21-8-12-23(27)13-9-21/h2-4,6-15H,5,16-20H2,1H3. The number of para-hydroxylation sites is 1. The fraction of sp³-hybridized carbons (Fsp3) is 0.269. The third-order valence-corrected chi connectivity index (χ3v) is 8.13. The Labute approximate surface area is 206 Å². The Morgan fingerprint density at radius 1 is 0.882 bits per heavy atom. The Kier molecular flexibility index (Phi) is 7.56. The van der Waals surface area contributed by atoms with Gasteiger partial charge in [0.15, 0.2) is 0 Å². The number of amides is 1. The van der Waals surface area contributed by atoms with E-state index in [4.69, 9.17) is 11.6 Å². The van der Waals surface area contributed by atoms with Crippen LogP contribution < -0.4 is 4.31 Å². The molecule has 0 N–H and O–H groups in total. The summed E-state index contributed by atoms with van der Waals surface area (Å²) < 4.78 is 27.2. The van der Waals surface area contributed by atoms with Crippen molar-refractivity contribution in [2.45, 2.75) is 17.9 Å². The molecule has 8 heteroatoms. The summed E-state index contributed by atoms with van der Waals surface area (Å²) in [7, 11) is -2.19. The number of nitrogens with zero attached hydrogens (tertiary/aromatic N) is 3. The fourth-order valence-electron chi connectivity index (χ4n) is 4.07. The molecule has 1 aliphatic heterocycles. The lowest BCUT2D eigenvalue weighted by Gasteiger charge is -2.22. The number of halogens is 1. The van der Waals surface area contributed by atoms with E-state index in [0.29, 0.717) is 24.3 Å². The average molecular weight is 498 g/mol. The van der Waals surface area contributed by atoms with Gasteiger partial charge in [0.2, 0.25) is 0 Å². The van der Waals surface area contributed by atoms with Crippen molar-refractivity contribution in [2.24, 2.45) is 0 Å². The van der Waals surface area contributed by atoms with E-state index in [0.717, 1.165) is 31.1 Å². The van der Waals surface area contributed by atoms with E-state index in [9.17, 15) is 13.2 Å². The van der Waals surface area contributed by atoms with Gasteiger partial charge in [-0.1, -0.05) is 41.9 Å². The molecule has 178 valence electrons. The molecular formula is C26H28ClN3O3S. The van der Waals surface area contributed by atoms with Crippen molar-refractivity contribution in [3.05, 3.63) is 95.0 Å². The normalized spacial score (nSPS) is 15.1. The van der Waals surface area contributed by atoms with E-state index >= 15 is 0 Å². The molecule has 0 unspecified atom stereocenters. The summed E-state index contributed by atoms with van der Waals surface area (Å²) in [6.45, 7) is 3.81. The Bertz CT molecular complexity index is 1220. The van der Waals surface area contributed by atoms with Crippen LogP contribution in [-0.2, 0) is 16.6 Å². The van der Waals surface area contributed by atoms with E-state index in [1.54, 1.807) is 36.4 Å². The summed E-state index contributed by atoms with van der Waals surface area (Å²) in [6, 6.07) is 23.0. The molecule has 0 spiro atoms. The molecule has 1 fully saturated rings. The summed E-state index contributed by atoms with van der Waals surface area (Å²) in [6.07, 6.45) is 0.883. The van der Waals surface area contributed by atoms with Crippen LogP contribution in [-0.4, -0.2) is 57.4 Å². The first-order valence-corrected chi connectivity index (χ1v) is 13.1. The van der Waals surface area contributed by atoms with Gasteiger partial charge in [-0.3, -0.25) is 14.0 Å². The van der Waals surface area contributed by atoms with Gasteiger partial charge >= 0.3 is 0 Å². The Hall–Kier alpha value is -2.87. The van der Waals surface area contributed by atoms with Crippen molar-refractivity contribution in [1.82, 2.24) is 9.80 Å². The van der Waals surface area contributed by atoms with Crippen LogP contribution >= 0.6 is 11.6 Å². The van der Waals surface area contributed by atoms with E-state index < -0.39 is 10.0 Å². The number of hydrogen-bond acceptors (Lipinski definition) is 4. The highest BCUT2D eigenvalue weighted by Crippen LogP contribution is 2.22. The molecule has 3 aromatic rings. The van der Waals surface area contributed by atoms with E-state index in [2.05, 4.69) is 4.90 Å². The van der Waals surface area contributed by atoms with Crippen LogP contribution in [0.3, 0.4) is 0 Å². The summed E-state index contributed by atoms with van der Waals surface area (Å²) in [5, 5.41) is 0.724. The molecule has 1 heterocycles. The number of carbonyl (C=O) groups is 1. The molecule has 0 aliphatic carbocycles. The molecule has 1 aliphatic rings. The van der Waals surface area contributed by atoms with Crippen LogP contribution in [0.1, 0.15) is 22.3 Å². The monoisotopic (exact) mass is 497 g/mol. The van der Waals surface area contributed by atoms with Gasteiger partial charge in [0.25, 0.3) is 15.9 Å². The van der Waals surface area contributed by atoms with Gasteiger partial charge < -0.3 is 4.90 Å². The lowest BCUT2D eigenvalue weighted by molar-refractivity contribution is 0.0761. The summed E-state index contributed by atoms with van der Waals surface area (Å²) >= 11 is 5.98. The van der Waals surface area contributed by atoms with Crippen LogP contribution in [0.4, 0.5) is 5.69 Å². The fourth-order valence-corrected chi connectivity index (χ4v) is 5.39. The number of hydrogen-bond donors (Lipinski definition) is 0. The molecule has 1 amide bonds. The van der Waals surface area contributed by atoms with E-state index in [-0.39, 0.29) is 10.8 Å². The molecule has 34 heavy (non-hydrogen) atoms. The minimum Gasteiger partial charge on any atom is -0.337 e. The number of anilines is 1. The number of rotatable bonds is 6. The second-order valence-corrected chi connectivity index (χ2v) is 10.8. The van der Waals surface area contributed by atoms with Crippen molar-refractivity contribution < 1.29 is 13.2 Å². The van der Waals surface area contributed by atoms with E-state index in [1.165, 1.54) is 29.0 Å². The zero-order chi connectivity index (χ0) is 24.1. The Morgan fingerprint density at radius 3 is 2.24 bits per heavy atom. The quantitative estimate of drug-likeness (QED) is 0.502. The van der Waals surface area contributed by atoms with Gasteiger partial charge in [0.05, 0.1) is 10.6 Å². The molecule has 0 saturated carbocycles. The molecule has 4 rings (SSSR count). The van der Waals surface area contributed by atoms with Gasteiger partial charge in [0.1, 0.15) is 0 Å². The summed E-state index contributed by atoms with van der Waals surface area (Å²) in [4.78, 5) is 17.4.